The molecule has 0 radical (unpaired) electrons. The summed E-state index contributed by atoms with van der Waals surface area (Å²) >= 11 is 0. The van der Waals surface area contributed by atoms with Crippen LogP contribution >= 0.6 is 0 Å². The lowest BCUT2D eigenvalue weighted by Gasteiger charge is -2.42. The van der Waals surface area contributed by atoms with E-state index in [1.54, 1.807) is 0 Å². The minimum absolute atomic E-state index is 0.0498. The Balaban J connectivity index is 1.33. The maximum Gasteiger partial charge on any atom is 0.317 e. The fraction of sp³-hybridized carbons (Fsp3) is 0.429. The number of nitrogens with one attached hydrogen (secondary N) is 1. The lowest BCUT2D eigenvalue weighted by Crippen LogP contribution is -2.55. The summed E-state index contributed by atoms with van der Waals surface area (Å²) in [5, 5.41) is 14.4. The van der Waals surface area contributed by atoms with Gasteiger partial charge in [0, 0.05) is 24.2 Å². The molecule has 2 aliphatic carbocycles. The maximum atomic E-state index is 12.5. The number of carbonyl (C=O) groups excluding carboxylic acids is 1. The van der Waals surface area contributed by atoms with E-state index >= 15 is 0 Å². The van der Waals surface area contributed by atoms with Crippen molar-refractivity contribution in [2.45, 2.75) is 37.8 Å². The van der Waals surface area contributed by atoms with Crippen LogP contribution in [0.4, 0.5) is 0 Å². The number of fused-ring (bicyclic) bond motifs is 1. The number of carbonyl (C=O) groups is 2. The normalized spacial score (nSPS) is 22.2. The molecule has 0 heterocycles. The molecule has 2 aliphatic rings. The number of benzene rings is 2. The molecule has 5 nitrogen and oxygen atoms in total. The number of carboxylic acid groups (broad SMARTS) is 1. The van der Waals surface area contributed by atoms with E-state index in [1.165, 1.54) is 12.8 Å². The first-order valence-electron chi connectivity index (χ1n) is 9.34. The van der Waals surface area contributed by atoms with Crippen molar-refractivity contribution < 1.29 is 14.7 Å². The highest BCUT2D eigenvalue weighted by Gasteiger charge is 2.37. The van der Waals surface area contributed by atoms with Crippen LogP contribution in [0.3, 0.4) is 0 Å². The van der Waals surface area contributed by atoms with Gasteiger partial charge in [0.1, 0.15) is 0 Å². The van der Waals surface area contributed by atoms with Crippen molar-refractivity contribution in [3.63, 3.8) is 0 Å². The summed E-state index contributed by atoms with van der Waals surface area (Å²) in [6.07, 6.45) is 4.09. The van der Waals surface area contributed by atoms with Gasteiger partial charge in [0.05, 0.1) is 6.54 Å². The van der Waals surface area contributed by atoms with Gasteiger partial charge in [0.2, 0.25) is 0 Å². The molecule has 2 aromatic rings. The Morgan fingerprint density at radius 1 is 1.08 bits per heavy atom. The Labute approximate surface area is 153 Å². The molecule has 0 atom stereocenters. The summed E-state index contributed by atoms with van der Waals surface area (Å²) in [5.74, 6) is -0.152. The topological polar surface area (TPSA) is 69.6 Å². The average Bonchev–Trinajstić information content (AvgIpc) is 3.40. The van der Waals surface area contributed by atoms with Crippen LogP contribution in [0.15, 0.2) is 42.5 Å². The molecular formula is C21H24N2O3. The highest BCUT2D eigenvalue weighted by Crippen LogP contribution is 2.33. The summed E-state index contributed by atoms with van der Waals surface area (Å²) in [6.45, 7) is 0.981. The molecule has 136 valence electrons. The number of amides is 1. The first-order valence-corrected chi connectivity index (χ1v) is 9.34. The molecule has 4 rings (SSSR count). The Bertz CT molecular complexity index is 825. The van der Waals surface area contributed by atoms with Gasteiger partial charge in [0.15, 0.2) is 0 Å². The predicted octanol–water partition coefficient (Wildman–Crippen LogP) is 2.90. The van der Waals surface area contributed by atoms with E-state index in [-0.39, 0.29) is 24.5 Å². The maximum absolute atomic E-state index is 12.5. The Morgan fingerprint density at radius 3 is 2.50 bits per heavy atom. The van der Waals surface area contributed by atoms with Gasteiger partial charge in [0.25, 0.3) is 5.91 Å². The lowest BCUT2D eigenvalue weighted by atomic mass is 9.85. The van der Waals surface area contributed by atoms with Crippen LogP contribution < -0.4 is 5.32 Å². The molecule has 0 unspecified atom stereocenters. The highest BCUT2D eigenvalue weighted by molar-refractivity contribution is 5.98. The molecule has 2 N–H and O–H groups in total. The van der Waals surface area contributed by atoms with Crippen molar-refractivity contribution in [3.05, 3.63) is 48.0 Å². The molecule has 0 aliphatic heterocycles. The third-order valence-electron chi connectivity index (χ3n) is 5.50. The second-order valence-corrected chi connectivity index (χ2v) is 7.62. The largest absolute Gasteiger partial charge is 0.480 e. The zero-order chi connectivity index (χ0) is 18.1. The van der Waals surface area contributed by atoms with Crippen LogP contribution in [0.25, 0.3) is 10.8 Å². The van der Waals surface area contributed by atoms with Crippen LogP contribution in [-0.2, 0) is 4.79 Å². The molecule has 5 heteroatoms. The quantitative estimate of drug-likeness (QED) is 0.804. The van der Waals surface area contributed by atoms with Gasteiger partial charge in [-0.25, -0.2) is 0 Å². The summed E-state index contributed by atoms with van der Waals surface area (Å²) in [6, 6.07) is 14.2. The van der Waals surface area contributed by atoms with Crippen LogP contribution in [0, 0.1) is 5.92 Å². The third kappa shape index (κ3) is 3.88. The molecule has 26 heavy (non-hydrogen) atoms. The van der Waals surface area contributed by atoms with E-state index in [9.17, 15) is 9.59 Å². The monoisotopic (exact) mass is 352 g/mol. The van der Waals surface area contributed by atoms with Gasteiger partial charge in [-0.1, -0.05) is 30.3 Å². The van der Waals surface area contributed by atoms with Crippen LogP contribution in [-0.4, -0.2) is 47.1 Å². The molecule has 2 aromatic carbocycles. The molecule has 0 saturated heterocycles. The van der Waals surface area contributed by atoms with Crippen molar-refractivity contribution in [1.29, 1.82) is 0 Å². The van der Waals surface area contributed by atoms with E-state index in [0.29, 0.717) is 11.5 Å². The number of rotatable bonds is 7. The summed E-state index contributed by atoms with van der Waals surface area (Å²) < 4.78 is 0. The molecule has 1 amide bonds. The van der Waals surface area contributed by atoms with E-state index in [2.05, 4.69) is 10.2 Å². The summed E-state index contributed by atoms with van der Waals surface area (Å²) in [4.78, 5) is 25.7. The smallest absolute Gasteiger partial charge is 0.317 e. The average molecular weight is 352 g/mol. The van der Waals surface area contributed by atoms with Gasteiger partial charge in [-0.05, 0) is 54.5 Å². The predicted molar refractivity (Wildman–Crippen MR) is 100 cm³/mol. The summed E-state index contributed by atoms with van der Waals surface area (Å²) in [5.41, 5.74) is 0.674. The van der Waals surface area contributed by atoms with E-state index in [4.69, 9.17) is 5.11 Å². The van der Waals surface area contributed by atoms with E-state index in [1.807, 2.05) is 42.5 Å². The Morgan fingerprint density at radius 2 is 1.81 bits per heavy atom. The first kappa shape index (κ1) is 17.0. The van der Waals surface area contributed by atoms with Crippen LogP contribution in [0.1, 0.15) is 36.0 Å². The second-order valence-electron chi connectivity index (χ2n) is 7.62. The third-order valence-corrected chi connectivity index (χ3v) is 5.50. The number of carboxylic acids is 1. The van der Waals surface area contributed by atoms with Crippen LogP contribution in [0.2, 0.25) is 0 Å². The molecule has 0 aromatic heterocycles. The minimum Gasteiger partial charge on any atom is -0.480 e. The molecular weight excluding hydrogens is 328 g/mol. The van der Waals surface area contributed by atoms with Crippen molar-refractivity contribution in [2.24, 2.45) is 5.92 Å². The second kappa shape index (κ2) is 7.08. The zero-order valence-electron chi connectivity index (χ0n) is 14.7. The van der Waals surface area contributed by atoms with Gasteiger partial charge < -0.3 is 10.4 Å². The van der Waals surface area contributed by atoms with Crippen molar-refractivity contribution in [2.75, 3.05) is 13.1 Å². The van der Waals surface area contributed by atoms with Crippen molar-refractivity contribution in [3.8, 4) is 0 Å². The van der Waals surface area contributed by atoms with Gasteiger partial charge in [-0.3, -0.25) is 14.5 Å². The zero-order valence-corrected chi connectivity index (χ0v) is 14.7. The van der Waals surface area contributed by atoms with Gasteiger partial charge in [-0.15, -0.1) is 0 Å². The SMILES string of the molecule is O=C(O)CN(CC1CC1)C1CC(NC(=O)c2ccc3ccccc3c2)C1. The van der Waals surface area contributed by atoms with Crippen LogP contribution in [0.5, 0.6) is 0 Å². The minimum atomic E-state index is -0.769. The van der Waals surface area contributed by atoms with E-state index < -0.39 is 5.97 Å². The molecule has 0 spiro atoms. The number of hydrogen-bond acceptors (Lipinski definition) is 3. The molecule has 0 bridgehead atoms. The van der Waals surface area contributed by atoms with Crippen molar-refractivity contribution in [1.82, 2.24) is 10.2 Å². The standard InChI is InChI=1S/C21H24N2O3/c24-20(25)13-23(12-14-5-6-14)19-10-18(11-19)22-21(26)17-8-7-15-3-1-2-4-16(15)9-17/h1-4,7-9,14,18-19H,5-6,10-13H2,(H,22,26)(H,24,25). The fourth-order valence-corrected chi connectivity index (χ4v) is 3.75. The number of nitrogens with zero attached hydrogens (tertiary/aromatic N) is 1. The van der Waals surface area contributed by atoms with E-state index in [0.717, 1.165) is 30.2 Å². The fourth-order valence-electron chi connectivity index (χ4n) is 3.75. The van der Waals surface area contributed by atoms with Gasteiger partial charge >= 0.3 is 5.97 Å². The van der Waals surface area contributed by atoms with Gasteiger partial charge in [-0.2, -0.15) is 0 Å². The van der Waals surface area contributed by atoms with Crippen molar-refractivity contribution >= 4 is 22.6 Å². The molecule has 2 saturated carbocycles. The lowest BCUT2D eigenvalue weighted by molar-refractivity contribution is -0.139. The number of aliphatic carboxylic acids is 1. The first-order chi connectivity index (χ1) is 12.6. The number of hydrogen-bond donors (Lipinski definition) is 2. The highest BCUT2D eigenvalue weighted by atomic mass is 16.4. The summed E-state index contributed by atoms with van der Waals surface area (Å²) in [7, 11) is 0. The Kier molecular flexibility index (Phi) is 4.64. The Hall–Kier alpha value is -2.40. The molecule has 2 fully saturated rings.